The molecule has 1 aliphatic heterocycles. The number of piperazine rings is 1. The van der Waals surface area contributed by atoms with Gasteiger partial charge in [0.1, 0.15) is 0 Å². The number of hydrogen-bond acceptors (Lipinski definition) is 3. The van der Waals surface area contributed by atoms with Crippen molar-refractivity contribution in [1.29, 1.82) is 0 Å². The van der Waals surface area contributed by atoms with E-state index in [0.717, 1.165) is 11.8 Å². The summed E-state index contributed by atoms with van der Waals surface area (Å²) in [5, 5.41) is 3.90. The van der Waals surface area contributed by atoms with Gasteiger partial charge in [-0.25, -0.2) is 0 Å². The Morgan fingerprint density at radius 2 is 2.16 bits per heavy atom. The van der Waals surface area contributed by atoms with Crippen molar-refractivity contribution < 1.29 is 0 Å². The Balaban J connectivity index is 1.86. The van der Waals surface area contributed by atoms with Crippen LogP contribution in [0.2, 0.25) is 0 Å². The molecule has 1 heterocycles. The van der Waals surface area contributed by atoms with Crippen LogP contribution in [0.1, 0.15) is 45.4 Å². The van der Waals surface area contributed by atoms with Crippen molar-refractivity contribution in [2.24, 2.45) is 0 Å². The van der Waals surface area contributed by atoms with Crippen molar-refractivity contribution in [2.75, 3.05) is 31.1 Å². The van der Waals surface area contributed by atoms with Crippen LogP contribution >= 0.6 is 11.8 Å². The van der Waals surface area contributed by atoms with Crippen LogP contribution in [0.25, 0.3) is 0 Å². The lowest BCUT2D eigenvalue weighted by molar-refractivity contribution is 0.0590. The zero-order valence-electron chi connectivity index (χ0n) is 12.5. The highest BCUT2D eigenvalue weighted by Crippen LogP contribution is 2.32. The third kappa shape index (κ3) is 4.24. The molecule has 2 nitrogen and oxygen atoms in total. The van der Waals surface area contributed by atoms with Crippen LogP contribution in [0.4, 0.5) is 0 Å². The van der Waals surface area contributed by atoms with Gasteiger partial charge in [-0.05, 0) is 19.3 Å². The van der Waals surface area contributed by atoms with E-state index in [1.54, 1.807) is 0 Å². The Bertz CT molecular complexity index is 274. The second-order valence-corrected chi connectivity index (χ2v) is 7.27. The molecule has 0 aromatic heterocycles. The highest BCUT2D eigenvalue weighted by Gasteiger charge is 2.38. The van der Waals surface area contributed by atoms with Crippen LogP contribution in [0.5, 0.6) is 0 Å². The maximum Gasteiger partial charge on any atom is 0.0309 e. The highest BCUT2D eigenvalue weighted by atomic mass is 32.2. The van der Waals surface area contributed by atoms with Crippen LogP contribution < -0.4 is 5.32 Å². The standard InChI is InChI=1S/C16H30N2S/c1-3-11-19-12-10-18-14-16(8-6-5-7-9-16)17-13-15(18)4-2/h3,15,17H,1,4-14H2,2H3. The second-order valence-electron chi connectivity index (χ2n) is 6.12. The summed E-state index contributed by atoms with van der Waals surface area (Å²) in [5.41, 5.74) is 0.451. The van der Waals surface area contributed by atoms with E-state index in [4.69, 9.17) is 0 Å². The maximum atomic E-state index is 3.90. The van der Waals surface area contributed by atoms with E-state index in [2.05, 4.69) is 23.7 Å². The molecule has 1 spiro atoms. The molecule has 1 aliphatic carbocycles. The molecular weight excluding hydrogens is 252 g/mol. The quantitative estimate of drug-likeness (QED) is 0.594. The monoisotopic (exact) mass is 282 g/mol. The van der Waals surface area contributed by atoms with Crippen molar-refractivity contribution >= 4 is 11.8 Å². The van der Waals surface area contributed by atoms with Crippen LogP contribution in [-0.2, 0) is 0 Å². The number of nitrogens with one attached hydrogen (secondary N) is 1. The lowest BCUT2D eigenvalue weighted by Crippen LogP contribution is -2.64. The predicted molar refractivity (Wildman–Crippen MR) is 87.0 cm³/mol. The summed E-state index contributed by atoms with van der Waals surface area (Å²) >= 11 is 2.01. The van der Waals surface area contributed by atoms with Gasteiger partial charge in [0.05, 0.1) is 0 Å². The fourth-order valence-electron chi connectivity index (χ4n) is 3.61. The summed E-state index contributed by atoms with van der Waals surface area (Å²) in [4.78, 5) is 2.76. The van der Waals surface area contributed by atoms with Gasteiger partial charge < -0.3 is 5.32 Å². The molecule has 0 radical (unpaired) electrons. The molecule has 1 saturated heterocycles. The zero-order chi connectivity index (χ0) is 13.6. The van der Waals surface area contributed by atoms with Gasteiger partial charge in [-0.3, -0.25) is 4.90 Å². The number of hydrogen-bond donors (Lipinski definition) is 1. The first-order valence-electron chi connectivity index (χ1n) is 7.97. The van der Waals surface area contributed by atoms with Crippen LogP contribution in [0, 0.1) is 0 Å². The lowest BCUT2D eigenvalue weighted by atomic mass is 9.79. The Hall–Kier alpha value is 0.01000. The molecule has 3 heteroatoms. The minimum absolute atomic E-state index is 0.451. The molecule has 1 saturated carbocycles. The molecule has 19 heavy (non-hydrogen) atoms. The fraction of sp³-hybridized carbons (Fsp3) is 0.875. The molecular formula is C16H30N2S. The minimum atomic E-state index is 0.451. The Kier molecular flexibility index (Phi) is 6.24. The first-order chi connectivity index (χ1) is 9.29. The third-order valence-electron chi connectivity index (χ3n) is 4.78. The molecule has 1 atom stereocenters. The normalized spacial score (nSPS) is 27.5. The average molecular weight is 282 g/mol. The van der Waals surface area contributed by atoms with Gasteiger partial charge in [-0.1, -0.05) is 32.3 Å². The molecule has 2 fully saturated rings. The van der Waals surface area contributed by atoms with E-state index in [1.165, 1.54) is 63.9 Å². The van der Waals surface area contributed by atoms with Crippen molar-refractivity contribution in [2.45, 2.75) is 57.0 Å². The number of rotatable bonds is 6. The van der Waals surface area contributed by atoms with E-state index in [9.17, 15) is 0 Å². The lowest BCUT2D eigenvalue weighted by Gasteiger charge is -2.49. The Morgan fingerprint density at radius 1 is 1.37 bits per heavy atom. The highest BCUT2D eigenvalue weighted by molar-refractivity contribution is 7.99. The van der Waals surface area contributed by atoms with E-state index >= 15 is 0 Å². The summed E-state index contributed by atoms with van der Waals surface area (Å²) < 4.78 is 0. The fourth-order valence-corrected chi connectivity index (χ4v) is 4.31. The topological polar surface area (TPSA) is 15.3 Å². The Morgan fingerprint density at radius 3 is 2.84 bits per heavy atom. The molecule has 0 aromatic carbocycles. The van der Waals surface area contributed by atoms with Gasteiger partial charge in [-0.15, -0.1) is 6.58 Å². The van der Waals surface area contributed by atoms with Crippen molar-refractivity contribution in [3.05, 3.63) is 12.7 Å². The summed E-state index contributed by atoms with van der Waals surface area (Å²) in [6, 6.07) is 0.747. The van der Waals surface area contributed by atoms with Gasteiger partial charge >= 0.3 is 0 Å². The van der Waals surface area contributed by atoms with Gasteiger partial charge in [-0.2, -0.15) is 11.8 Å². The first kappa shape index (κ1) is 15.4. The minimum Gasteiger partial charge on any atom is -0.308 e. The maximum absolute atomic E-state index is 3.90. The first-order valence-corrected chi connectivity index (χ1v) is 9.13. The van der Waals surface area contributed by atoms with Crippen molar-refractivity contribution in [3.8, 4) is 0 Å². The van der Waals surface area contributed by atoms with E-state index in [-0.39, 0.29) is 0 Å². The Labute approximate surface area is 123 Å². The second kappa shape index (κ2) is 7.70. The predicted octanol–water partition coefficient (Wildman–Crippen LogP) is 3.29. The van der Waals surface area contributed by atoms with Gasteiger partial charge in [0.2, 0.25) is 0 Å². The van der Waals surface area contributed by atoms with Crippen LogP contribution in [0.15, 0.2) is 12.7 Å². The van der Waals surface area contributed by atoms with E-state index in [1.807, 2.05) is 17.8 Å². The number of nitrogens with zero attached hydrogens (tertiary/aromatic N) is 1. The molecule has 0 aromatic rings. The summed E-state index contributed by atoms with van der Waals surface area (Å²) in [5.74, 6) is 2.34. The van der Waals surface area contributed by atoms with Crippen molar-refractivity contribution in [3.63, 3.8) is 0 Å². The summed E-state index contributed by atoms with van der Waals surface area (Å²) in [7, 11) is 0. The largest absolute Gasteiger partial charge is 0.308 e. The van der Waals surface area contributed by atoms with Crippen LogP contribution in [-0.4, -0.2) is 47.6 Å². The third-order valence-corrected chi connectivity index (χ3v) is 5.72. The summed E-state index contributed by atoms with van der Waals surface area (Å²) in [6.07, 6.45) is 10.3. The van der Waals surface area contributed by atoms with Crippen LogP contribution in [0.3, 0.4) is 0 Å². The molecule has 110 valence electrons. The van der Waals surface area contributed by atoms with Gasteiger partial charge in [0.25, 0.3) is 0 Å². The molecule has 2 aliphatic rings. The van der Waals surface area contributed by atoms with E-state index < -0.39 is 0 Å². The zero-order valence-corrected chi connectivity index (χ0v) is 13.3. The molecule has 0 bridgehead atoms. The van der Waals surface area contributed by atoms with Crippen molar-refractivity contribution in [1.82, 2.24) is 10.2 Å². The smallest absolute Gasteiger partial charge is 0.0309 e. The molecule has 1 unspecified atom stereocenters. The van der Waals surface area contributed by atoms with E-state index in [0.29, 0.717) is 5.54 Å². The van der Waals surface area contributed by atoms with Gasteiger partial charge in [0, 0.05) is 42.7 Å². The molecule has 1 N–H and O–H groups in total. The molecule has 0 amide bonds. The summed E-state index contributed by atoms with van der Waals surface area (Å²) in [6.45, 7) is 9.85. The average Bonchev–Trinajstić information content (AvgIpc) is 2.45. The number of thioether (sulfide) groups is 1. The molecule has 2 rings (SSSR count). The van der Waals surface area contributed by atoms with Gasteiger partial charge in [0.15, 0.2) is 0 Å². The SMILES string of the molecule is C=CCSCCN1CC2(CCCCC2)NCC1CC.